The first kappa shape index (κ1) is 14.0. The number of carbonyl (C=O) groups excluding carboxylic acids is 1. The molecule has 22 heavy (non-hydrogen) atoms. The summed E-state index contributed by atoms with van der Waals surface area (Å²) in [6.07, 6.45) is 0. The number of benzene rings is 1. The average molecular weight is 297 g/mol. The Kier molecular flexibility index (Phi) is 3.25. The Bertz CT molecular complexity index is 924. The van der Waals surface area contributed by atoms with E-state index in [4.69, 9.17) is 5.73 Å². The Morgan fingerprint density at radius 3 is 2.50 bits per heavy atom. The number of fused-ring (bicyclic) bond motifs is 1. The second-order valence-electron chi connectivity index (χ2n) is 5.07. The van der Waals surface area contributed by atoms with Gasteiger partial charge in [0, 0.05) is 0 Å². The second-order valence-corrected chi connectivity index (χ2v) is 5.07. The fraction of sp³-hybridized carbons (Fsp3) is 0.200. The third kappa shape index (κ3) is 2.16. The van der Waals surface area contributed by atoms with Crippen molar-refractivity contribution in [2.24, 2.45) is 5.73 Å². The zero-order chi connectivity index (χ0) is 15.9. The zero-order valence-electron chi connectivity index (χ0n) is 12.3. The van der Waals surface area contributed by atoms with Crippen molar-refractivity contribution in [2.75, 3.05) is 0 Å². The average Bonchev–Trinajstić information content (AvgIpc) is 2.83. The lowest BCUT2D eigenvalue weighted by Crippen LogP contribution is -2.30. The molecule has 1 aromatic carbocycles. The summed E-state index contributed by atoms with van der Waals surface area (Å²) >= 11 is 0. The molecule has 2 heterocycles. The summed E-state index contributed by atoms with van der Waals surface area (Å²) in [7, 11) is 0. The first-order chi connectivity index (χ1) is 10.5. The van der Waals surface area contributed by atoms with Crippen LogP contribution in [0.15, 0.2) is 35.1 Å². The minimum Gasteiger partial charge on any atom is -0.368 e. The molecule has 2 N–H and O–H groups in total. The maximum atomic E-state index is 12.4. The molecular weight excluding hydrogens is 282 g/mol. The lowest BCUT2D eigenvalue weighted by molar-refractivity contribution is -0.118. The molecule has 0 saturated heterocycles. The third-order valence-corrected chi connectivity index (χ3v) is 3.49. The van der Waals surface area contributed by atoms with Crippen LogP contribution in [0.25, 0.3) is 16.6 Å². The van der Waals surface area contributed by atoms with Gasteiger partial charge in [-0.3, -0.25) is 9.59 Å². The van der Waals surface area contributed by atoms with Gasteiger partial charge in [-0.2, -0.15) is 10.2 Å². The van der Waals surface area contributed by atoms with Crippen LogP contribution >= 0.6 is 0 Å². The van der Waals surface area contributed by atoms with Crippen LogP contribution in [0.5, 0.6) is 0 Å². The zero-order valence-corrected chi connectivity index (χ0v) is 12.3. The van der Waals surface area contributed by atoms with Gasteiger partial charge in [0.05, 0.1) is 22.5 Å². The van der Waals surface area contributed by atoms with Crippen molar-refractivity contribution in [2.45, 2.75) is 20.4 Å². The molecule has 7 heteroatoms. The van der Waals surface area contributed by atoms with Crippen LogP contribution in [0.1, 0.15) is 11.4 Å². The molecule has 3 rings (SSSR count). The smallest absolute Gasteiger partial charge is 0.295 e. The summed E-state index contributed by atoms with van der Waals surface area (Å²) in [6.45, 7) is 3.41. The van der Waals surface area contributed by atoms with Crippen molar-refractivity contribution in [3.63, 3.8) is 0 Å². The standard InChI is InChI=1S/C15H15N5O2/c1-9-13-10(2)20(11-6-4-3-5-7-11)18-14(13)15(22)19(17-9)8-12(16)21/h3-7H,8H2,1-2H3,(H2,16,21). The number of aryl methyl sites for hydroxylation is 2. The number of hydrogen-bond acceptors (Lipinski definition) is 4. The first-order valence-electron chi connectivity index (χ1n) is 6.80. The van der Waals surface area contributed by atoms with Gasteiger partial charge in [0.25, 0.3) is 5.56 Å². The second kappa shape index (κ2) is 5.10. The van der Waals surface area contributed by atoms with Crippen LogP contribution in [-0.4, -0.2) is 25.5 Å². The van der Waals surface area contributed by atoms with E-state index in [2.05, 4.69) is 10.2 Å². The number of amides is 1. The van der Waals surface area contributed by atoms with E-state index >= 15 is 0 Å². The van der Waals surface area contributed by atoms with Crippen molar-refractivity contribution >= 4 is 16.8 Å². The highest BCUT2D eigenvalue weighted by Crippen LogP contribution is 2.20. The van der Waals surface area contributed by atoms with E-state index < -0.39 is 11.5 Å². The first-order valence-corrected chi connectivity index (χ1v) is 6.80. The Morgan fingerprint density at radius 1 is 1.18 bits per heavy atom. The molecule has 0 unspecified atom stereocenters. The minimum atomic E-state index is -0.618. The molecule has 0 bridgehead atoms. The van der Waals surface area contributed by atoms with E-state index in [1.54, 1.807) is 11.6 Å². The van der Waals surface area contributed by atoms with Crippen molar-refractivity contribution < 1.29 is 4.79 Å². The number of rotatable bonds is 3. The minimum absolute atomic E-state index is 0.257. The number of nitrogens with zero attached hydrogens (tertiary/aromatic N) is 4. The van der Waals surface area contributed by atoms with E-state index in [1.165, 1.54) is 0 Å². The lowest BCUT2D eigenvalue weighted by atomic mass is 10.2. The van der Waals surface area contributed by atoms with E-state index in [1.807, 2.05) is 37.3 Å². The fourth-order valence-corrected chi connectivity index (χ4v) is 2.56. The topological polar surface area (TPSA) is 95.8 Å². The number of para-hydroxylation sites is 1. The molecule has 0 saturated carbocycles. The van der Waals surface area contributed by atoms with Gasteiger partial charge in [-0.25, -0.2) is 9.36 Å². The van der Waals surface area contributed by atoms with Crippen molar-refractivity contribution in [3.8, 4) is 5.69 Å². The van der Waals surface area contributed by atoms with E-state index in [9.17, 15) is 9.59 Å². The number of aromatic nitrogens is 4. The molecule has 7 nitrogen and oxygen atoms in total. The molecule has 0 spiro atoms. The Balaban J connectivity index is 2.30. The highest BCUT2D eigenvalue weighted by Gasteiger charge is 2.17. The van der Waals surface area contributed by atoms with Gasteiger partial charge in [-0.15, -0.1) is 0 Å². The van der Waals surface area contributed by atoms with Crippen LogP contribution in [0.2, 0.25) is 0 Å². The maximum Gasteiger partial charge on any atom is 0.295 e. The van der Waals surface area contributed by atoms with E-state index in [-0.39, 0.29) is 12.1 Å². The summed E-state index contributed by atoms with van der Waals surface area (Å²) < 4.78 is 2.76. The fourth-order valence-electron chi connectivity index (χ4n) is 2.56. The molecule has 3 aromatic rings. The largest absolute Gasteiger partial charge is 0.368 e. The summed E-state index contributed by atoms with van der Waals surface area (Å²) in [6, 6.07) is 9.52. The third-order valence-electron chi connectivity index (χ3n) is 3.49. The molecule has 0 fully saturated rings. The predicted octanol–water partition coefficient (Wildman–Crippen LogP) is 0.684. The summed E-state index contributed by atoms with van der Waals surface area (Å²) in [5.41, 5.74) is 7.34. The van der Waals surface area contributed by atoms with Gasteiger partial charge in [0.15, 0.2) is 5.52 Å². The van der Waals surface area contributed by atoms with Gasteiger partial charge in [0.1, 0.15) is 6.54 Å². The highest BCUT2D eigenvalue weighted by atomic mass is 16.2. The van der Waals surface area contributed by atoms with Gasteiger partial charge in [-0.05, 0) is 26.0 Å². The van der Waals surface area contributed by atoms with Crippen molar-refractivity contribution in [1.82, 2.24) is 19.6 Å². The lowest BCUT2D eigenvalue weighted by Gasteiger charge is -2.04. The van der Waals surface area contributed by atoms with Gasteiger partial charge in [0.2, 0.25) is 5.91 Å². The summed E-state index contributed by atoms with van der Waals surface area (Å²) in [5, 5.41) is 9.26. The van der Waals surface area contributed by atoms with Crippen molar-refractivity contribution in [1.29, 1.82) is 0 Å². The van der Waals surface area contributed by atoms with Crippen LogP contribution in [0.4, 0.5) is 0 Å². The van der Waals surface area contributed by atoms with Crippen LogP contribution in [0, 0.1) is 13.8 Å². The monoisotopic (exact) mass is 297 g/mol. The molecule has 0 aliphatic rings. The summed E-state index contributed by atoms with van der Waals surface area (Å²) in [4.78, 5) is 23.5. The quantitative estimate of drug-likeness (QED) is 0.769. The molecule has 2 aromatic heterocycles. The van der Waals surface area contributed by atoms with Crippen LogP contribution in [0.3, 0.4) is 0 Å². The van der Waals surface area contributed by atoms with Gasteiger partial charge < -0.3 is 5.73 Å². The molecule has 0 aliphatic heterocycles. The maximum absolute atomic E-state index is 12.4. The number of primary amides is 1. The van der Waals surface area contributed by atoms with Crippen LogP contribution < -0.4 is 11.3 Å². The normalized spacial score (nSPS) is 11.0. The van der Waals surface area contributed by atoms with Crippen LogP contribution in [-0.2, 0) is 11.3 Å². The van der Waals surface area contributed by atoms with E-state index in [0.717, 1.165) is 16.1 Å². The highest BCUT2D eigenvalue weighted by molar-refractivity contribution is 5.83. The Morgan fingerprint density at radius 2 is 1.86 bits per heavy atom. The Labute approximate surface area is 126 Å². The molecular formula is C15H15N5O2. The molecule has 112 valence electrons. The molecule has 0 atom stereocenters. The van der Waals surface area contributed by atoms with Gasteiger partial charge in [-0.1, -0.05) is 18.2 Å². The van der Waals surface area contributed by atoms with E-state index in [0.29, 0.717) is 11.1 Å². The predicted molar refractivity (Wildman–Crippen MR) is 81.8 cm³/mol. The van der Waals surface area contributed by atoms with Crippen molar-refractivity contribution in [3.05, 3.63) is 52.1 Å². The SMILES string of the molecule is Cc1nn(CC(N)=O)c(=O)c2nn(-c3ccccc3)c(C)c12. The summed E-state index contributed by atoms with van der Waals surface area (Å²) in [5.74, 6) is -0.618. The molecule has 0 aliphatic carbocycles. The number of nitrogens with two attached hydrogens (primary N) is 1. The molecule has 0 radical (unpaired) electrons. The Hall–Kier alpha value is -2.96. The number of hydrogen-bond donors (Lipinski definition) is 1. The number of carbonyl (C=O) groups is 1. The molecule has 1 amide bonds. The van der Waals surface area contributed by atoms with Gasteiger partial charge >= 0.3 is 0 Å².